The van der Waals surface area contributed by atoms with Crippen LogP contribution in [-0.4, -0.2) is 33.3 Å². The molecule has 152 valence electrons. The number of aromatic nitrogens is 3. The van der Waals surface area contributed by atoms with Gasteiger partial charge < -0.3 is 15.4 Å². The third-order valence-electron chi connectivity index (χ3n) is 4.19. The van der Waals surface area contributed by atoms with Gasteiger partial charge in [0.15, 0.2) is 0 Å². The molecule has 8 nitrogen and oxygen atoms in total. The smallest absolute Gasteiger partial charge is 0.406 e. The fraction of sp³-hybridized carbons (Fsp3) is 0.471. The highest BCUT2D eigenvalue weighted by Gasteiger charge is 2.31. The van der Waals surface area contributed by atoms with Gasteiger partial charge in [-0.3, -0.25) is 4.57 Å². The van der Waals surface area contributed by atoms with Crippen LogP contribution in [0.5, 0.6) is 5.75 Å². The summed E-state index contributed by atoms with van der Waals surface area (Å²) in [6.45, 7) is 1.33. The molecule has 0 atom stereocenters. The van der Waals surface area contributed by atoms with Crippen molar-refractivity contribution < 1.29 is 22.7 Å². The first-order valence-corrected chi connectivity index (χ1v) is 8.89. The van der Waals surface area contributed by atoms with E-state index in [1.807, 2.05) is 0 Å². The number of nitrogens with zero attached hydrogens (tertiary/aromatic N) is 3. The number of rotatable bonds is 6. The Labute approximate surface area is 158 Å². The van der Waals surface area contributed by atoms with Crippen LogP contribution in [0, 0.1) is 0 Å². The number of hydrogen-bond donors (Lipinski definition) is 2. The van der Waals surface area contributed by atoms with Crippen LogP contribution in [0.15, 0.2) is 29.1 Å². The van der Waals surface area contributed by atoms with Gasteiger partial charge >= 0.3 is 18.1 Å². The molecule has 0 bridgehead atoms. The second-order valence-corrected chi connectivity index (χ2v) is 6.34. The number of aryl methyl sites for hydroxylation is 2. The van der Waals surface area contributed by atoms with Crippen LogP contribution in [-0.2, 0) is 19.5 Å². The summed E-state index contributed by atoms with van der Waals surface area (Å²) >= 11 is 0. The molecule has 0 unspecified atom stereocenters. The normalized spacial score (nSPS) is 13.7. The summed E-state index contributed by atoms with van der Waals surface area (Å²) < 4.78 is 43.6. The number of fused-ring (bicyclic) bond motifs is 1. The lowest BCUT2D eigenvalue weighted by molar-refractivity contribution is -0.274. The first-order chi connectivity index (χ1) is 13.3. The van der Waals surface area contributed by atoms with E-state index in [-0.39, 0.29) is 17.9 Å². The van der Waals surface area contributed by atoms with Crippen molar-refractivity contribution in [2.75, 3.05) is 11.9 Å². The molecule has 2 heterocycles. The molecule has 0 spiro atoms. The molecule has 1 aromatic heterocycles. The highest BCUT2D eigenvalue weighted by molar-refractivity contribution is 5.89. The second kappa shape index (κ2) is 8.36. The third kappa shape index (κ3) is 5.27. The second-order valence-electron chi connectivity index (χ2n) is 6.34. The zero-order valence-corrected chi connectivity index (χ0v) is 15.0. The van der Waals surface area contributed by atoms with E-state index in [0.29, 0.717) is 19.5 Å². The third-order valence-corrected chi connectivity index (χ3v) is 4.19. The van der Waals surface area contributed by atoms with Crippen molar-refractivity contribution in [1.29, 1.82) is 0 Å². The van der Waals surface area contributed by atoms with E-state index in [0.717, 1.165) is 37.2 Å². The molecule has 0 saturated heterocycles. The highest BCUT2D eigenvalue weighted by atomic mass is 19.4. The van der Waals surface area contributed by atoms with Crippen LogP contribution in [0.2, 0.25) is 0 Å². The van der Waals surface area contributed by atoms with Crippen molar-refractivity contribution in [3.8, 4) is 5.75 Å². The molecule has 2 N–H and O–H groups in total. The molecule has 1 aliphatic rings. The maximum atomic E-state index is 12.2. The molecule has 1 aromatic carbocycles. The summed E-state index contributed by atoms with van der Waals surface area (Å²) in [7, 11) is 0. The maximum Gasteiger partial charge on any atom is 0.573 e. The monoisotopic (exact) mass is 399 g/mol. The SMILES string of the molecule is O=C(NCCCn1nc2n(c1=O)CCCC2)Nc1cccc(OC(F)(F)F)c1. The van der Waals surface area contributed by atoms with Gasteiger partial charge in [0.25, 0.3) is 0 Å². The lowest BCUT2D eigenvalue weighted by Crippen LogP contribution is -2.31. The van der Waals surface area contributed by atoms with E-state index in [1.165, 1.54) is 16.8 Å². The molecule has 0 radical (unpaired) electrons. The van der Waals surface area contributed by atoms with Gasteiger partial charge in [0.1, 0.15) is 11.6 Å². The quantitative estimate of drug-likeness (QED) is 0.731. The maximum absolute atomic E-state index is 12.2. The van der Waals surface area contributed by atoms with Gasteiger partial charge in [0.05, 0.1) is 0 Å². The zero-order chi connectivity index (χ0) is 20.1. The van der Waals surface area contributed by atoms with Crippen LogP contribution in [0.1, 0.15) is 25.1 Å². The summed E-state index contributed by atoms with van der Waals surface area (Å²) in [5, 5.41) is 9.33. The van der Waals surface area contributed by atoms with Crippen molar-refractivity contribution in [3.63, 3.8) is 0 Å². The van der Waals surface area contributed by atoms with Crippen LogP contribution in [0.25, 0.3) is 0 Å². The van der Waals surface area contributed by atoms with Gasteiger partial charge in [-0.05, 0) is 31.4 Å². The molecule has 0 fully saturated rings. The first kappa shape index (κ1) is 19.8. The van der Waals surface area contributed by atoms with E-state index >= 15 is 0 Å². The molecular formula is C17H20F3N5O3. The Morgan fingerprint density at radius 1 is 1.29 bits per heavy atom. The number of carbonyl (C=O) groups excluding carboxylic acids is 1. The lowest BCUT2D eigenvalue weighted by atomic mass is 10.2. The predicted octanol–water partition coefficient (Wildman–Crippen LogP) is 2.49. The van der Waals surface area contributed by atoms with Gasteiger partial charge in [-0.15, -0.1) is 13.2 Å². The van der Waals surface area contributed by atoms with Crippen molar-refractivity contribution in [2.24, 2.45) is 0 Å². The van der Waals surface area contributed by atoms with Crippen LogP contribution >= 0.6 is 0 Å². The Balaban J connectivity index is 1.45. The van der Waals surface area contributed by atoms with Crippen LogP contribution in [0.3, 0.4) is 0 Å². The largest absolute Gasteiger partial charge is 0.573 e. The zero-order valence-electron chi connectivity index (χ0n) is 15.0. The summed E-state index contributed by atoms with van der Waals surface area (Å²) in [6, 6.07) is 4.42. The molecule has 11 heteroatoms. The Morgan fingerprint density at radius 3 is 2.86 bits per heavy atom. The topological polar surface area (TPSA) is 90.2 Å². The number of ether oxygens (including phenoxy) is 1. The molecule has 2 aromatic rings. The summed E-state index contributed by atoms with van der Waals surface area (Å²) in [5.74, 6) is 0.372. The number of hydrogen-bond acceptors (Lipinski definition) is 4. The highest BCUT2D eigenvalue weighted by Crippen LogP contribution is 2.24. The van der Waals surface area contributed by atoms with Crippen molar-refractivity contribution in [3.05, 3.63) is 40.6 Å². The van der Waals surface area contributed by atoms with E-state index in [4.69, 9.17) is 0 Å². The summed E-state index contributed by atoms with van der Waals surface area (Å²) in [6.07, 6.45) is -1.53. The molecule has 0 saturated carbocycles. The minimum atomic E-state index is -4.80. The Kier molecular flexibility index (Phi) is 5.90. The Morgan fingerprint density at radius 2 is 2.11 bits per heavy atom. The number of urea groups is 1. The van der Waals surface area contributed by atoms with Crippen molar-refractivity contribution in [2.45, 2.75) is 45.1 Å². The molecular weight excluding hydrogens is 379 g/mol. The predicted molar refractivity (Wildman–Crippen MR) is 94.2 cm³/mol. The minimum absolute atomic E-state index is 0.138. The minimum Gasteiger partial charge on any atom is -0.406 e. The number of halogens is 3. The van der Waals surface area contributed by atoms with Gasteiger partial charge in [-0.25, -0.2) is 14.3 Å². The van der Waals surface area contributed by atoms with E-state index in [9.17, 15) is 22.8 Å². The average molecular weight is 399 g/mol. The number of alkyl halides is 3. The Hall–Kier alpha value is -2.98. The number of benzene rings is 1. The average Bonchev–Trinajstić information content (AvgIpc) is 2.94. The summed E-state index contributed by atoms with van der Waals surface area (Å²) in [5.41, 5.74) is 0.0258. The molecule has 3 rings (SSSR count). The van der Waals surface area contributed by atoms with Gasteiger partial charge in [-0.1, -0.05) is 6.07 Å². The number of nitrogens with one attached hydrogen (secondary N) is 2. The molecule has 2 amide bonds. The number of anilines is 1. The lowest BCUT2D eigenvalue weighted by Gasteiger charge is -2.11. The Bertz CT molecular complexity index is 891. The van der Waals surface area contributed by atoms with Gasteiger partial charge in [-0.2, -0.15) is 5.10 Å². The standard InChI is InChI=1S/C17H20F3N5O3/c18-17(19,20)28-13-6-3-5-12(11-13)22-15(26)21-8-4-10-25-16(27)24-9-2-1-7-14(24)23-25/h3,5-6,11H,1-2,4,7-10H2,(H2,21,22,26). The number of amides is 2. The number of carbonyl (C=O) groups is 1. The van der Waals surface area contributed by atoms with Crippen LogP contribution in [0.4, 0.5) is 23.7 Å². The van der Waals surface area contributed by atoms with E-state index in [1.54, 1.807) is 4.57 Å². The van der Waals surface area contributed by atoms with Crippen molar-refractivity contribution in [1.82, 2.24) is 19.7 Å². The fourth-order valence-electron chi connectivity index (χ4n) is 2.97. The molecule has 28 heavy (non-hydrogen) atoms. The van der Waals surface area contributed by atoms with Gasteiger partial charge in [0, 0.05) is 37.8 Å². The van der Waals surface area contributed by atoms with Crippen molar-refractivity contribution >= 4 is 11.7 Å². The molecule has 1 aliphatic heterocycles. The first-order valence-electron chi connectivity index (χ1n) is 8.89. The summed E-state index contributed by atoms with van der Waals surface area (Å²) in [4.78, 5) is 24.1. The van der Waals surface area contributed by atoms with Crippen LogP contribution < -0.4 is 21.1 Å². The molecule has 0 aliphatic carbocycles. The fourth-order valence-corrected chi connectivity index (χ4v) is 2.97. The van der Waals surface area contributed by atoms with E-state index in [2.05, 4.69) is 20.5 Å². The van der Waals surface area contributed by atoms with Gasteiger partial charge in [0.2, 0.25) is 0 Å². The van der Waals surface area contributed by atoms with E-state index < -0.39 is 18.1 Å².